The number of hydrogen-bond acceptors (Lipinski definition) is 2. The molecule has 2 unspecified atom stereocenters. The van der Waals surface area contributed by atoms with Gasteiger partial charge in [0.15, 0.2) is 0 Å². The van der Waals surface area contributed by atoms with Crippen LogP contribution in [0.3, 0.4) is 0 Å². The molecule has 1 aliphatic heterocycles. The van der Waals surface area contributed by atoms with Crippen LogP contribution in [0, 0.1) is 0 Å². The predicted molar refractivity (Wildman–Crippen MR) is 57.8 cm³/mol. The summed E-state index contributed by atoms with van der Waals surface area (Å²) in [6, 6.07) is 0.442. The molecule has 0 aromatic carbocycles. The molecular weight excluding hydrogens is 192 g/mol. The van der Waals surface area contributed by atoms with E-state index >= 15 is 0 Å². The number of likely N-dealkylation sites (tertiary alicyclic amines) is 1. The van der Waals surface area contributed by atoms with E-state index < -0.39 is 0 Å². The Hall–Kier alpha value is -0.770. The van der Waals surface area contributed by atoms with E-state index in [1.807, 2.05) is 4.90 Å². The molecule has 1 saturated carbocycles. The van der Waals surface area contributed by atoms with E-state index in [0.29, 0.717) is 12.1 Å². The smallest absolute Gasteiger partial charge is 0.317 e. The molecule has 4 heteroatoms. The molecule has 4 nitrogen and oxygen atoms in total. The molecule has 15 heavy (non-hydrogen) atoms. The number of nitrogens with one attached hydrogen (secondary N) is 1. The zero-order chi connectivity index (χ0) is 10.7. The lowest BCUT2D eigenvalue weighted by Crippen LogP contribution is -2.42. The Morgan fingerprint density at radius 3 is 2.67 bits per heavy atom. The van der Waals surface area contributed by atoms with Crippen LogP contribution in [0.15, 0.2) is 0 Å². The van der Waals surface area contributed by atoms with Crippen molar-refractivity contribution < 1.29 is 9.53 Å². The molecule has 0 radical (unpaired) electrons. The van der Waals surface area contributed by atoms with Crippen molar-refractivity contribution in [3.8, 4) is 0 Å². The summed E-state index contributed by atoms with van der Waals surface area (Å²) in [4.78, 5) is 13.7. The van der Waals surface area contributed by atoms with Crippen molar-refractivity contribution in [2.75, 3.05) is 20.2 Å². The van der Waals surface area contributed by atoms with Gasteiger partial charge in [-0.15, -0.1) is 0 Å². The second-order valence-corrected chi connectivity index (χ2v) is 4.51. The Morgan fingerprint density at radius 1 is 1.33 bits per heavy atom. The Bertz CT molecular complexity index is 227. The SMILES string of the molecule is COC1CCC(NC(=O)N2CCCC2)C1. The van der Waals surface area contributed by atoms with Crippen LogP contribution in [0.25, 0.3) is 0 Å². The van der Waals surface area contributed by atoms with Crippen LogP contribution in [-0.4, -0.2) is 43.3 Å². The first kappa shape index (κ1) is 10.7. The van der Waals surface area contributed by atoms with Crippen LogP contribution < -0.4 is 5.32 Å². The number of urea groups is 1. The molecule has 1 aliphatic carbocycles. The Kier molecular flexibility index (Phi) is 3.46. The first-order valence-electron chi connectivity index (χ1n) is 5.88. The third kappa shape index (κ3) is 2.62. The van der Waals surface area contributed by atoms with Crippen molar-refractivity contribution in [1.82, 2.24) is 10.2 Å². The molecule has 0 aromatic rings. The number of amides is 2. The number of methoxy groups -OCH3 is 1. The number of carbonyl (C=O) groups excluding carboxylic acids is 1. The van der Waals surface area contributed by atoms with E-state index in [-0.39, 0.29) is 6.03 Å². The number of carbonyl (C=O) groups is 1. The van der Waals surface area contributed by atoms with Gasteiger partial charge in [-0.25, -0.2) is 4.79 Å². The van der Waals surface area contributed by atoms with Crippen LogP contribution in [-0.2, 0) is 4.74 Å². The lowest BCUT2D eigenvalue weighted by atomic mass is 10.2. The molecule has 0 bridgehead atoms. The van der Waals surface area contributed by atoms with Gasteiger partial charge in [0.25, 0.3) is 0 Å². The maximum Gasteiger partial charge on any atom is 0.317 e. The minimum atomic E-state index is 0.120. The first-order chi connectivity index (χ1) is 7.29. The highest BCUT2D eigenvalue weighted by Crippen LogP contribution is 2.21. The van der Waals surface area contributed by atoms with Crippen molar-refractivity contribution >= 4 is 6.03 Å². The summed E-state index contributed by atoms with van der Waals surface area (Å²) in [6.07, 6.45) is 5.74. The highest BCUT2D eigenvalue weighted by Gasteiger charge is 2.27. The van der Waals surface area contributed by atoms with Crippen LogP contribution in [0.2, 0.25) is 0 Å². The third-order valence-corrected chi connectivity index (χ3v) is 3.44. The number of hydrogen-bond donors (Lipinski definition) is 1. The molecule has 86 valence electrons. The van der Waals surface area contributed by atoms with Gasteiger partial charge in [0, 0.05) is 26.2 Å². The number of rotatable bonds is 2. The van der Waals surface area contributed by atoms with Gasteiger partial charge in [0.1, 0.15) is 0 Å². The van der Waals surface area contributed by atoms with Gasteiger partial charge in [-0.1, -0.05) is 0 Å². The van der Waals surface area contributed by atoms with Gasteiger partial charge in [0.05, 0.1) is 6.10 Å². The minimum Gasteiger partial charge on any atom is -0.381 e. The molecule has 1 heterocycles. The molecule has 2 amide bonds. The van der Waals surface area contributed by atoms with Gasteiger partial charge in [0.2, 0.25) is 0 Å². The molecule has 2 rings (SSSR count). The zero-order valence-corrected chi connectivity index (χ0v) is 9.37. The molecule has 2 fully saturated rings. The van der Waals surface area contributed by atoms with Crippen molar-refractivity contribution in [2.45, 2.75) is 44.2 Å². The van der Waals surface area contributed by atoms with Crippen molar-refractivity contribution in [3.63, 3.8) is 0 Å². The van der Waals surface area contributed by atoms with Crippen molar-refractivity contribution in [3.05, 3.63) is 0 Å². The maximum absolute atomic E-state index is 11.8. The lowest BCUT2D eigenvalue weighted by Gasteiger charge is -2.20. The standard InChI is InChI=1S/C11H20N2O2/c1-15-10-5-4-9(8-10)12-11(14)13-6-2-3-7-13/h9-10H,2-8H2,1H3,(H,12,14). The van der Waals surface area contributed by atoms with E-state index in [1.54, 1.807) is 7.11 Å². The summed E-state index contributed by atoms with van der Waals surface area (Å²) in [6.45, 7) is 1.85. The molecular formula is C11H20N2O2. The van der Waals surface area contributed by atoms with Crippen LogP contribution in [0.4, 0.5) is 4.79 Å². The highest BCUT2D eigenvalue weighted by atomic mass is 16.5. The summed E-state index contributed by atoms with van der Waals surface area (Å²) in [5, 5.41) is 3.09. The summed E-state index contributed by atoms with van der Waals surface area (Å²) in [5.74, 6) is 0. The predicted octanol–water partition coefficient (Wildman–Crippen LogP) is 1.36. The normalized spacial score (nSPS) is 30.9. The van der Waals surface area contributed by atoms with E-state index in [0.717, 1.165) is 45.2 Å². The van der Waals surface area contributed by atoms with Crippen LogP contribution in [0.5, 0.6) is 0 Å². The average molecular weight is 212 g/mol. The second-order valence-electron chi connectivity index (χ2n) is 4.51. The second kappa shape index (κ2) is 4.84. The van der Waals surface area contributed by atoms with Crippen LogP contribution in [0.1, 0.15) is 32.1 Å². The monoisotopic (exact) mass is 212 g/mol. The fourth-order valence-corrected chi connectivity index (χ4v) is 2.47. The Balaban J connectivity index is 1.74. The van der Waals surface area contributed by atoms with E-state index in [1.165, 1.54) is 0 Å². The third-order valence-electron chi connectivity index (χ3n) is 3.44. The highest BCUT2D eigenvalue weighted by molar-refractivity contribution is 5.74. The van der Waals surface area contributed by atoms with Crippen molar-refractivity contribution in [1.29, 1.82) is 0 Å². The molecule has 1 N–H and O–H groups in total. The van der Waals surface area contributed by atoms with Gasteiger partial charge in [-0.05, 0) is 32.1 Å². The molecule has 1 saturated heterocycles. The average Bonchev–Trinajstić information content (AvgIpc) is 2.87. The largest absolute Gasteiger partial charge is 0.381 e. The number of nitrogens with zero attached hydrogens (tertiary/aromatic N) is 1. The van der Waals surface area contributed by atoms with Gasteiger partial charge < -0.3 is 15.0 Å². The topological polar surface area (TPSA) is 41.6 Å². The fraction of sp³-hybridized carbons (Fsp3) is 0.909. The van der Waals surface area contributed by atoms with E-state index in [9.17, 15) is 4.79 Å². The first-order valence-corrected chi connectivity index (χ1v) is 5.88. The molecule has 0 spiro atoms. The lowest BCUT2D eigenvalue weighted by molar-refractivity contribution is 0.107. The zero-order valence-electron chi connectivity index (χ0n) is 9.37. The van der Waals surface area contributed by atoms with Crippen molar-refractivity contribution in [2.24, 2.45) is 0 Å². The summed E-state index contributed by atoms with van der Waals surface area (Å²) < 4.78 is 5.28. The van der Waals surface area contributed by atoms with Gasteiger partial charge in [-0.2, -0.15) is 0 Å². The summed E-state index contributed by atoms with van der Waals surface area (Å²) in [5.41, 5.74) is 0. The molecule has 0 aromatic heterocycles. The summed E-state index contributed by atoms with van der Waals surface area (Å²) in [7, 11) is 1.75. The Labute approximate surface area is 91.0 Å². The maximum atomic E-state index is 11.8. The van der Waals surface area contributed by atoms with Crippen LogP contribution >= 0.6 is 0 Å². The molecule has 2 aliphatic rings. The minimum absolute atomic E-state index is 0.120. The number of ether oxygens (including phenoxy) is 1. The molecule has 2 atom stereocenters. The summed E-state index contributed by atoms with van der Waals surface area (Å²) >= 11 is 0. The Morgan fingerprint density at radius 2 is 2.07 bits per heavy atom. The van der Waals surface area contributed by atoms with Gasteiger partial charge >= 0.3 is 6.03 Å². The van der Waals surface area contributed by atoms with E-state index in [2.05, 4.69) is 5.32 Å². The van der Waals surface area contributed by atoms with Gasteiger partial charge in [-0.3, -0.25) is 0 Å². The van der Waals surface area contributed by atoms with E-state index in [4.69, 9.17) is 4.74 Å². The quantitative estimate of drug-likeness (QED) is 0.751. The fourth-order valence-electron chi connectivity index (χ4n) is 2.47.